The Balaban J connectivity index is 1.24. The summed E-state index contributed by atoms with van der Waals surface area (Å²) in [5, 5.41) is 2.15. The molecule has 168 valence electrons. The molecule has 5 nitrogen and oxygen atoms in total. The zero-order chi connectivity index (χ0) is 22.5. The molecule has 0 bridgehead atoms. The first-order valence-electron chi connectivity index (χ1n) is 11.0. The number of ether oxygens (including phenoxy) is 2. The minimum absolute atomic E-state index is 0.206. The van der Waals surface area contributed by atoms with Crippen molar-refractivity contribution in [3.63, 3.8) is 0 Å². The second kappa shape index (κ2) is 10.0. The van der Waals surface area contributed by atoms with E-state index in [1.54, 1.807) is 7.11 Å². The molecule has 3 aromatic carbocycles. The van der Waals surface area contributed by atoms with Crippen LogP contribution >= 0.6 is 0 Å². The molecule has 1 saturated heterocycles. The monoisotopic (exact) mass is 436 g/mol. The van der Waals surface area contributed by atoms with Crippen LogP contribution in [0.5, 0.6) is 5.75 Å². The summed E-state index contributed by atoms with van der Waals surface area (Å²) in [5.41, 5.74) is 1.99. The number of methoxy groups -OCH3 is 1. The number of fused-ring (bicyclic) bond motifs is 1. The Kier molecular flexibility index (Phi) is 6.90. The third-order valence-electron chi connectivity index (χ3n) is 6.14. The average Bonchev–Trinajstić information content (AvgIpc) is 2.83. The van der Waals surface area contributed by atoms with Crippen LogP contribution in [0.25, 0.3) is 10.8 Å². The molecule has 1 heterocycles. The summed E-state index contributed by atoms with van der Waals surface area (Å²) >= 11 is 0. The van der Waals surface area contributed by atoms with Gasteiger partial charge in [0, 0.05) is 38.4 Å². The van der Waals surface area contributed by atoms with E-state index in [0.29, 0.717) is 13.2 Å². The maximum atomic E-state index is 13.1. The van der Waals surface area contributed by atoms with Gasteiger partial charge in [-0.15, -0.1) is 0 Å². The molecule has 6 heteroatoms. The largest absolute Gasteiger partial charge is 0.497 e. The molecule has 1 atom stereocenters. The fraction of sp³-hybridized carbons (Fsp3) is 0.346. The molecule has 4 rings (SSSR count). The van der Waals surface area contributed by atoms with Crippen LogP contribution in [0.1, 0.15) is 18.4 Å². The maximum Gasteiger partial charge on any atom is 0.313 e. The molecule has 32 heavy (non-hydrogen) atoms. The normalized spacial score (nSPS) is 15.5. The molecule has 0 spiro atoms. The van der Waals surface area contributed by atoms with Crippen molar-refractivity contribution in [3.05, 3.63) is 72.0 Å². The lowest BCUT2D eigenvalue weighted by Crippen LogP contribution is -2.47. The van der Waals surface area contributed by atoms with Gasteiger partial charge in [-0.05, 0) is 59.7 Å². The molecule has 3 aromatic rings. The number of hydrogen-bond acceptors (Lipinski definition) is 5. The van der Waals surface area contributed by atoms with Crippen LogP contribution in [-0.4, -0.2) is 57.3 Å². The van der Waals surface area contributed by atoms with Gasteiger partial charge >= 0.3 is 5.97 Å². The zero-order valence-corrected chi connectivity index (χ0v) is 18.6. The lowest BCUT2D eigenvalue weighted by Gasteiger charge is -2.36. The third kappa shape index (κ3) is 5.19. The van der Waals surface area contributed by atoms with Gasteiger partial charge < -0.3 is 14.4 Å². The zero-order valence-electron chi connectivity index (χ0n) is 18.6. The Labute approximate surface area is 188 Å². The van der Waals surface area contributed by atoms with Crippen LogP contribution < -0.4 is 9.64 Å². The number of anilines is 1. The van der Waals surface area contributed by atoms with Crippen molar-refractivity contribution in [2.75, 3.05) is 51.3 Å². The standard InChI is InChI=1S/C26H29FN2O3/c1-19(20-3-4-22-18-25(31-2)10-5-21(22)17-20)26(30)32-16-15-28-11-13-29(14-12-28)24-8-6-23(27)7-9-24/h3-10,17-19H,11-16H2,1-2H3. The van der Waals surface area contributed by atoms with Gasteiger partial charge in [-0.1, -0.05) is 24.3 Å². The summed E-state index contributed by atoms with van der Waals surface area (Å²) in [4.78, 5) is 17.1. The summed E-state index contributed by atoms with van der Waals surface area (Å²) in [6.07, 6.45) is 0. The Morgan fingerprint density at radius 3 is 2.38 bits per heavy atom. The van der Waals surface area contributed by atoms with Gasteiger partial charge in [-0.2, -0.15) is 0 Å². The Morgan fingerprint density at radius 2 is 1.66 bits per heavy atom. The van der Waals surface area contributed by atoms with Gasteiger partial charge in [-0.3, -0.25) is 9.69 Å². The predicted octanol–water partition coefficient (Wildman–Crippen LogP) is 4.46. The molecular weight excluding hydrogens is 407 g/mol. The molecule has 1 aliphatic heterocycles. The van der Waals surface area contributed by atoms with Gasteiger partial charge in [0.05, 0.1) is 13.0 Å². The Hall–Kier alpha value is -3.12. The number of piperazine rings is 1. The first-order valence-corrected chi connectivity index (χ1v) is 11.0. The van der Waals surface area contributed by atoms with Crippen molar-refractivity contribution in [3.8, 4) is 5.75 Å². The van der Waals surface area contributed by atoms with Gasteiger partial charge in [0.25, 0.3) is 0 Å². The fourth-order valence-electron chi connectivity index (χ4n) is 4.06. The molecule has 0 aromatic heterocycles. The highest BCUT2D eigenvalue weighted by Crippen LogP contribution is 2.26. The van der Waals surface area contributed by atoms with Crippen LogP contribution in [0.4, 0.5) is 10.1 Å². The van der Waals surface area contributed by atoms with Gasteiger partial charge in [0.1, 0.15) is 18.2 Å². The van der Waals surface area contributed by atoms with Crippen LogP contribution in [-0.2, 0) is 9.53 Å². The molecule has 1 unspecified atom stereocenters. The second-order valence-electron chi connectivity index (χ2n) is 8.17. The van der Waals surface area contributed by atoms with E-state index in [2.05, 4.69) is 9.80 Å². The van der Waals surface area contributed by atoms with Crippen LogP contribution in [0.15, 0.2) is 60.7 Å². The van der Waals surface area contributed by atoms with Crippen molar-refractivity contribution >= 4 is 22.4 Å². The summed E-state index contributed by atoms with van der Waals surface area (Å²) < 4.78 is 24.0. The van der Waals surface area contributed by atoms with E-state index in [0.717, 1.165) is 54.0 Å². The molecule has 0 saturated carbocycles. The summed E-state index contributed by atoms with van der Waals surface area (Å²) in [6, 6.07) is 18.6. The van der Waals surface area contributed by atoms with Gasteiger partial charge in [-0.25, -0.2) is 4.39 Å². The van der Waals surface area contributed by atoms with Crippen molar-refractivity contribution in [2.45, 2.75) is 12.8 Å². The van der Waals surface area contributed by atoms with E-state index in [1.165, 1.54) is 12.1 Å². The number of benzene rings is 3. The quantitative estimate of drug-likeness (QED) is 0.512. The number of rotatable bonds is 7. The topological polar surface area (TPSA) is 42.0 Å². The summed E-state index contributed by atoms with van der Waals surface area (Å²) in [5.74, 6) is 0.0724. The van der Waals surface area contributed by atoms with Crippen molar-refractivity contribution in [2.24, 2.45) is 0 Å². The van der Waals surface area contributed by atoms with E-state index in [-0.39, 0.29) is 17.7 Å². The number of hydrogen-bond donors (Lipinski definition) is 0. The number of halogens is 1. The van der Waals surface area contributed by atoms with Crippen molar-refractivity contribution in [1.82, 2.24) is 4.90 Å². The lowest BCUT2D eigenvalue weighted by atomic mass is 9.98. The van der Waals surface area contributed by atoms with E-state index in [1.807, 2.05) is 55.5 Å². The van der Waals surface area contributed by atoms with Crippen LogP contribution in [0.3, 0.4) is 0 Å². The molecular formula is C26H29FN2O3. The molecule has 0 N–H and O–H groups in total. The SMILES string of the molecule is COc1ccc2cc(C(C)C(=O)OCCN3CCN(c4ccc(F)cc4)CC3)ccc2c1. The first-order chi connectivity index (χ1) is 15.5. The van der Waals surface area contributed by atoms with Crippen molar-refractivity contribution < 1.29 is 18.7 Å². The minimum atomic E-state index is -0.322. The smallest absolute Gasteiger partial charge is 0.313 e. The first kappa shape index (κ1) is 22.1. The van der Waals surface area contributed by atoms with Crippen LogP contribution in [0.2, 0.25) is 0 Å². The highest BCUT2D eigenvalue weighted by molar-refractivity contribution is 5.86. The molecule has 0 amide bonds. The molecule has 1 fully saturated rings. The van der Waals surface area contributed by atoms with E-state index in [4.69, 9.17) is 9.47 Å². The van der Waals surface area contributed by atoms with Crippen LogP contribution in [0, 0.1) is 5.82 Å². The number of carbonyl (C=O) groups is 1. The molecule has 0 aliphatic carbocycles. The highest BCUT2D eigenvalue weighted by Gasteiger charge is 2.20. The Bertz CT molecular complexity index is 1060. The predicted molar refractivity (Wildman–Crippen MR) is 125 cm³/mol. The number of esters is 1. The number of carbonyl (C=O) groups excluding carboxylic acids is 1. The maximum absolute atomic E-state index is 13.1. The van der Waals surface area contributed by atoms with Gasteiger partial charge in [0.15, 0.2) is 0 Å². The van der Waals surface area contributed by atoms with E-state index < -0.39 is 0 Å². The summed E-state index contributed by atoms with van der Waals surface area (Å²) in [7, 11) is 1.65. The Morgan fingerprint density at radius 1 is 0.969 bits per heavy atom. The number of nitrogens with zero attached hydrogens (tertiary/aromatic N) is 2. The van der Waals surface area contributed by atoms with E-state index in [9.17, 15) is 9.18 Å². The van der Waals surface area contributed by atoms with E-state index >= 15 is 0 Å². The second-order valence-corrected chi connectivity index (χ2v) is 8.17. The molecule has 1 aliphatic rings. The van der Waals surface area contributed by atoms with Crippen molar-refractivity contribution in [1.29, 1.82) is 0 Å². The minimum Gasteiger partial charge on any atom is -0.497 e. The van der Waals surface area contributed by atoms with Gasteiger partial charge in [0.2, 0.25) is 0 Å². The average molecular weight is 437 g/mol. The summed E-state index contributed by atoms with van der Waals surface area (Å²) in [6.45, 7) is 6.50. The third-order valence-corrected chi connectivity index (χ3v) is 6.14. The fourth-order valence-corrected chi connectivity index (χ4v) is 4.06. The highest BCUT2D eigenvalue weighted by atomic mass is 19.1. The lowest BCUT2D eigenvalue weighted by molar-refractivity contribution is -0.145. The molecule has 0 radical (unpaired) electrons.